The molecule has 0 aliphatic heterocycles. The third-order valence-corrected chi connectivity index (χ3v) is 5.58. The maximum atomic E-state index is 14.0. The fourth-order valence-electron chi connectivity index (χ4n) is 3.79. The number of anilines is 1. The van der Waals surface area contributed by atoms with E-state index in [4.69, 9.17) is 5.73 Å². The van der Waals surface area contributed by atoms with Gasteiger partial charge in [-0.2, -0.15) is 14.9 Å². The van der Waals surface area contributed by atoms with Gasteiger partial charge < -0.3 is 5.73 Å². The molecule has 0 radical (unpaired) electrons. The molecule has 3 aromatic heterocycles. The van der Waals surface area contributed by atoms with Crippen molar-refractivity contribution in [2.45, 2.75) is 20.4 Å². The van der Waals surface area contributed by atoms with Gasteiger partial charge in [-0.25, -0.2) is 18.8 Å². The van der Waals surface area contributed by atoms with Crippen LogP contribution in [0.5, 0.6) is 0 Å². The second-order valence-electron chi connectivity index (χ2n) is 8.25. The van der Waals surface area contributed by atoms with Crippen LogP contribution in [0.15, 0.2) is 64.3 Å². The second-order valence-corrected chi connectivity index (χ2v) is 8.25. The van der Waals surface area contributed by atoms with Crippen LogP contribution >= 0.6 is 0 Å². The lowest BCUT2D eigenvalue weighted by molar-refractivity contribution is 0.0950. The van der Waals surface area contributed by atoms with Gasteiger partial charge in [-0.3, -0.25) is 9.48 Å². The molecule has 3 heterocycles. The van der Waals surface area contributed by atoms with E-state index in [0.29, 0.717) is 5.56 Å². The number of carbonyl (C=O) groups is 1. The second kappa shape index (κ2) is 10.0. The highest BCUT2D eigenvalue weighted by molar-refractivity contribution is 6.03. The summed E-state index contributed by atoms with van der Waals surface area (Å²) >= 11 is 0. The number of hydrogen-bond donors (Lipinski definition) is 2. The molecular weight excluding hydrogens is 498 g/mol. The van der Waals surface area contributed by atoms with Crippen molar-refractivity contribution in [1.82, 2.24) is 40.5 Å². The molecule has 12 nitrogen and oxygen atoms in total. The number of hydrogen-bond acceptors (Lipinski definition) is 9. The van der Waals surface area contributed by atoms with E-state index in [2.05, 4.69) is 40.9 Å². The summed E-state index contributed by atoms with van der Waals surface area (Å²) in [5, 5.41) is 23.9. The molecule has 3 N–H and O–H groups in total. The Hall–Kier alpha value is -5.27. The zero-order valence-corrected chi connectivity index (χ0v) is 20.1. The summed E-state index contributed by atoms with van der Waals surface area (Å²) in [6.45, 7) is 3.74. The molecule has 38 heavy (non-hydrogen) atoms. The maximum Gasteiger partial charge on any atom is 0.294 e. The Bertz CT molecular complexity index is 1660. The Morgan fingerprint density at radius 3 is 2.53 bits per heavy atom. The predicted molar refractivity (Wildman–Crippen MR) is 131 cm³/mol. The molecule has 0 spiro atoms. The maximum absolute atomic E-state index is 14.0. The standard InChI is InChI=1S/C24H20F2N10O2/c1-13-10-14(2)35(31-13)12-19(16-8-9-17(25)18(26)11-16)28-30-24(37)20-21(15-6-4-3-5-7-15)36(34-29-20)23-22(27)32-38-33-23/h3-11H,12H2,1-2H3,(H2,27,32)(H,30,37)/b28-19+. The largest absolute Gasteiger partial charge is 0.378 e. The molecule has 0 aliphatic rings. The van der Waals surface area contributed by atoms with E-state index in [1.54, 1.807) is 35.0 Å². The number of halogens is 2. The number of nitrogens with two attached hydrogens (primary N) is 1. The topological polar surface area (TPSA) is 155 Å². The average Bonchev–Trinajstić information content (AvgIpc) is 3.61. The minimum atomic E-state index is -1.05. The highest BCUT2D eigenvalue weighted by Crippen LogP contribution is 2.26. The van der Waals surface area contributed by atoms with Crippen molar-refractivity contribution in [2.75, 3.05) is 5.73 Å². The van der Waals surface area contributed by atoms with Crippen LogP contribution in [0, 0.1) is 25.5 Å². The van der Waals surface area contributed by atoms with Gasteiger partial charge in [-0.15, -0.1) is 5.10 Å². The van der Waals surface area contributed by atoms with E-state index in [9.17, 15) is 13.6 Å². The van der Waals surface area contributed by atoms with Gasteiger partial charge in [0.15, 0.2) is 17.3 Å². The number of nitrogen functional groups attached to an aromatic ring is 1. The van der Waals surface area contributed by atoms with Gasteiger partial charge in [0.1, 0.15) is 5.69 Å². The van der Waals surface area contributed by atoms with Crippen molar-refractivity contribution in [1.29, 1.82) is 0 Å². The van der Waals surface area contributed by atoms with E-state index in [1.165, 1.54) is 10.7 Å². The predicted octanol–water partition coefficient (Wildman–Crippen LogP) is 2.83. The number of rotatable bonds is 7. The van der Waals surface area contributed by atoms with Gasteiger partial charge in [-0.05, 0) is 48.4 Å². The number of amides is 1. The normalized spacial score (nSPS) is 11.6. The van der Waals surface area contributed by atoms with Gasteiger partial charge in [0, 0.05) is 16.8 Å². The highest BCUT2D eigenvalue weighted by atomic mass is 19.2. The Kier molecular flexibility index (Phi) is 6.43. The number of aryl methyl sites for hydroxylation is 2. The fourth-order valence-corrected chi connectivity index (χ4v) is 3.79. The number of benzene rings is 2. The summed E-state index contributed by atoms with van der Waals surface area (Å²) in [5.41, 5.74) is 11.1. The third kappa shape index (κ3) is 4.74. The van der Waals surface area contributed by atoms with Crippen molar-refractivity contribution in [3.63, 3.8) is 0 Å². The smallest absolute Gasteiger partial charge is 0.294 e. The van der Waals surface area contributed by atoms with Crippen LogP contribution in [0.1, 0.15) is 27.4 Å². The molecule has 0 aliphatic carbocycles. The minimum absolute atomic E-state index is 0.0471. The van der Waals surface area contributed by atoms with Crippen molar-refractivity contribution >= 4 is 17.4 Å². The first-order valence-electron chi connectivity index (χ1n) is 11.2. The Balaban J connectivity index is 1.54. The Labute approximate surface area is 213 Å². The number of carbonyl (C=O) groups excluding carboxylic acids is 1. The van der Waals surface area contributed by atoms with E-state index >= 15 is 0 Å². The lowest BCUT2D eigenvalue weighted by Gasteiger charge is -2.10. The zero-order valence-electron chi connectivity index (χ0n) is 20.1. The monoisotopic (exact) mass is 518 g/mol. The van der Waals surface area contributed by atoms with Crippen molar-refractivity contribution in [2.24, 2.45) is 5.10 Å². The first kappa shape index (κ1) is 24.4. The first-order chi connectivity index (χ1) is 18.3. The lowest BCUT2D eigenvalue weighted by Crippen LogP contribution is -2.24. The summed E-state index contributed by atoms with van der Waals surface area (Å²) in [7, 11) is 0. The molecule has 0 atom stereocenters. The molecule has 0 bridgehead atoms. The molecule has 0 saturated heterocycles. The fraction of sp³-hybridized carbons (Fsp3) is 0.125. The van der Waals surface area contributed by atoms with Crippen LogP contribution in [0.4, 0.5) is 14.6 Å². The third-order valence-electron chi connectivity index (χ3n) is 5.58. The van der Waals surface area contributed by atoms with Crippen LogP contribution in [0.2, 0.25) is 0 Å². The Morgan fingerprint density at radius 2 is 1.87 bits per heavy atom. The summed E-state index contributed by atoms with van der Waals surface area (Å²) in [5.74, 6) is -2.79. The lowest BCUT2D eigenvalue weighted by atomic mass is 10.1. The van der Waals surface area contributed by atoms with Gasteiger partial charge in [0.05, 0.1) is 18.0 Å². The molecule has 5 rings (SSSR count). The molecule has 0 unspecified atom stereocenters. The van der Waals surface area contributed by atoms with E-state index in [0.717, 1.165) is 23.5 Å². The number of nitrogens with one attached hydrogen (secondary N) is 1. The SMILES string of the molecule is Cc1cc(C)n(C/C(=N\NC(=O)c2nnn(-c3nonc3N)c2-c2ccccc2)c2ccc(F)c(F)c2)n1. The van der Waals surface area contributed by atoms with Gasteiger partial charge in [0.2, 0.25) is 11.6 Å². The zero-order chi connectivity index (χ0) is 26.8. The minimum Gasteiger partial charge on any atom is -0.378 e. The van der Waals surface area contributed by atoms with Crippen LogP contribution in [0.25, 0.3) is 17.1 Å². The summed E-state index contributed by atoms with van der Waals surface area (Å²) in [6.07, 6.45) is 0. The summed E-state index contributed by atoms with van der Waals surface area (Å²) in [6, 6.07) is 14.0. The molecule has 192 valence electrons. The molecule has 0 fully saturated rings. The van der Waals surface area contributed by atoms with Crippen molar-refractivity contribution in [3.8, 4) is 17.1 Å². The average molecular weight is 518 g/mol. The van der Waals surface area contributed by atoms with Gasteiger partial charge in [0.25, 0.3) is 5.91 Å². The molecule has 1 amide bonds. The van der Waals surface area contributed by atoms with Gasteiger partial charge >= 0.3 is 0 Å². The Morgan fingerprint density at radius 1 is 1.08 bits per heavy atom. The van der Waals surface area contributed by atoms with E-state index in [1.807, 2.05) is 19.9 Å². The summed E-state index contributed by atoms with van der Waals surface area (Å²) in [4.78, 5) is 13.3. The van der Waals surface area contributed by atoms with Crippen LogP contribution in [0.3, 0.4) is 0 Å². The van der Waals surface area contributed by atoms with E-state index < -0.39 is 17.5 Å². The highest BCUT2D eigenvalue weighted by Gasteiger charge is 2.25. The number of nitrogens with zero attached hydrogens (tertiary/aromatic N) is 8. The first-order valence-corrected chi connectivity index (χ1v) is 11.2. The van der Waals surface area contributed by atoms with Crippen molar-refractivity contribution < 1.29 is 18.2 Å². The molecule has 14 heteroatoms. The summed E-state index contributed by atoms with van der Waals surface area (Å²) < 4.78 is 35.2. The van der Waals surface area contributed by atoms with Crippen LogP contribution in [-0.2, 0) is 6.54 Å². The van der Waals surface area contributed by atoms with Crippen LogP contribution in [-0.4, -0.2) is 46.7 Å². The number of aromatic nitrogens is 7. The molecular formula is C24H20F2N10O2. The number of hydrazone groups is 1. The van der Waals surface area contributed by atoms with E-state index in [-0.39, 0.29) is 40.8 Å². The molecule has 5 aromatic rings. The molecule has 2 aromatic carbocycles. The quantitative estimate of drug-likeness (QED) is 0.246. The van der Waals surface area contributed by atoms with Crippen molar-refractivity contribution in [3.05, 3.63) is 88.9 Å². The van der Waals surface area contributed by atoms with Gasteiger partial charge in [-0.1, -0.05) is 35.5 Å². The molecule has 0 saturated carbocycles. The van der Waals surface area contributed by atoms with Crippen LogP contribution < -0.4 is 11.2 Å².